The molecule has 1 unspecified atom stereocenters. The van der Waals surface area contributed by atoms with E-state index in [0.29, 0.717) is 24.4 Å². The fourth-order valence-corrected chi connectivity index (χ4v) is 2.81. The van der Waals surface area contributed by atoms with E-state index in [1.807, 2.05) is 31.2 Å². The van der Waals surface area contributed by atoms with E-state index in [1.54, 1.807) is 7.11 Å². The van der Waals surface area contributed by atoms with Crippen LogP contribution in [0.1, 0.15) is 25.7 Å². The van der Waals surface area contributed by atoms with Crippen molar-refractivity contribution < 1.29 is 14.0 Å². The Morgan fingerprint density at radius 3 is 3.00 bits per heavy atom. The Kier molecular flexibility index (Phi) is 5.00. The van der Waals surface area contributed by atoms with Crippen LogP contribution in [0.3, 0.4) is 0 Å². The molecule has 0 spiro atoms. The molecule has 1 saturated heterocycles. The van der Waals surface area contributed by atoms with Crippen LogP contribution in [0.5, 0.6) is 11.5 Å². The van der Waals surface area contributed by atoms with Gasteiger partial charge in [-0.25, -0.2) is 0 Å². The minimum Gasteiger partial charge on any atom is -0.497 e. The van der Waals surface area contributed by atoms with E-state index in [1.165, 1.54) is 0 Å². The summed E-state index contributed by atoms with van der Waals surface area (Å²) in [6.45, 7) is 4.56. The van der Waals surface area contributed by atoms with Crippen LogP contribution in [0.25, 0.3) is 0 Å². The van der Waals surface area contributed by atoms with Gasteiger partial charge in [0.05, 0.1) is 13.7 Å². The first-order valence-electron chi connectivity index (χ1n) is 8.13. The summed E-state index contributed by atoms with van der Waals surface area (Å²) in [7, 11) is 1.66. The van der Waals surface area contributed by atoms with Crippen molar-refractivity contribution in [1.29, 1.82) is 0 Å². The van der Waals surface area contributed by atoms with Gasteiger partial charge in [-0.2, -0.15) is 4.98 Å². The largest absolute Gasteiger partial charge is 0.497 e. The lowest BCUT2D eigenvalue weighted by Crippen LogP contribution is -2.38. The van der Waals surface area contributed by atoms with Crippen molar-refractivity contribution in [2.75, 3.05) is 31.7 Å². The Morgan fingerprint density at radius 1 is 1.35 bits per heavy atom. The molecule has 23 heavy (non-hydrogen) atoms. The van der Waals surface area contributed by atoms with Gasteiger partial charge in [-0.15, -0.1) is 0 Å². The van der Waals surface area contributed by atoms with Crippen molar-refractivity contribution in [2.45, 2.75) is 26.2 Å². The zero-order chi connectivity index (χ0) is 16.1. The number of ether oxygens (including phenoxy) is 2. The average molecular weight is 317 g/mol. The van der Waals surface area contributed by atoms with Crippen LogP contribution in [0.4, 0.5) is 5.95 Å². The maximum Gasteiger partial charge on any atom is 0.266 e. The van der Waals surface area contributed by atoms with Crippen LogP contribution < -0.4 is 14.4 Å². The molecule has 6 heteroatoms. The van der Waals surface area contributed by atoms with Crippen molar-refractivity contribution >= 4 is 5.95 Å². The molecule has 1 atom stereocenters. The highest BCUT2D eigenvalue weighted by Gasteiger charge is 2.23. The highest BCUT2D eigenvalue weighted by Crippen LogP contribution is 2.24. The molecule has 2 heterocycles. The first-order valence-corrected chi connectivity index (χ1v) is 8.13. The highest BCUT2D eigenvalue weighted by atomic mass is 16.5. The molecule has 3 rings (SSSR count). The van der Waals surface area contributed by atoms with Crippen molar-refractivity contribution in [1.82, 2.24) is 10.1 Å². The standard InChI is InChI=1S/C17H23N3O3/c1-3-16-18-17(19-23-16)20-9-5-6-13(11-20)12-22-15-8-4-7-14(10-15)21-2/h4,7-8,10,13H,3,5-6,9,11-12H2,1-2H3. The molecule has 0 radical (unpaired) electrons. The maximum absolute atomic E-state index is 5.93. The van der Waals surface area contributed by atoms with E-state index >= 15 is 0 Å². The second kappa shape index (κ2) is 7.35. The summed E-state index contributed by atoms with van der Waals surface area (Å²) in [4.78, 5) is 6.60. The zero-order valence-electron chi connectivity index (χ0n) is 13.7. The quantitative estimate of drug-likeness (QED) is 0.816. The molecule has 1 aromatic heterocycles. The third-order valence-electron chi connectivity index (χ3n) is 4.09. The third kappa shape index (κ3) is 3.94. The van der Waals surface area contributed by atoms with Gasteiger partial charge in [-0.1, -0.05) is 13.0 Å². The molecule has 124 valence electrons. The van der Waals surface area contributed by atoms with Gasteiger partial charge in [0.15, 0.2) is 0 Å². The van der Waals surface area contributed by atoms with Gasteiger partial charge in [0.2, 0.25) is 5.89 Å². The van der Waals surface area contributed by atoms with Crippen molar-refractivity contribution in [3.63, 3.8) is 0 Å². The summed E-state index contributed by atoms with van der Waals surface area (Å²) >= 11 is 0. The number of benzene rings is 1. The first kappa shape index (κ1) is 15.6. The number of hydrogen-bond donors (Lipinski definition) is 0. The predicted octanol–water partition coefficient (Wildman–Crippen LogP) is 2.94. The van der Waals surface area contributed by atoms with E-state index in [4.69, 9.17) is 14.0 Å². The second-order valence-corrected chi connectivity index (χ2v) is 5.79. The molecule has 2 aromatic rings. The van der Waals surface area contributed by atoms with Crippen molar-refractivity contribution in [3.8, 4) is 11.5 Å². The molecule has 1 fully saturated rings. The average Bonchev–Trinajstić information content (AvgIpc) is 3.10. The predicted molar refractivity (Wildman–Crippen MR) is 87.1 cm³/mol. The summed E-state index contributed by atoms with van der Waals surface area (Å²) in [5.41, 5.74) is 0. The summed E-state index contributed by atoms with van der Waals surface area (Å²) < 4.78 is 16.4. The Hall–Kier alpha value is -2.24. The lowest BCUT2D eigenvalue weighted by molar-refractivity contribution is 0.227. The Morgan fingerprint density at radius 2 is 2.22 bits per heavy atom. The Balaban J connectivity index is 1.56. The molecule has 6 nitrogen and oxygen atoms in total. The number of rotatable bonds is 6. The summed E-state index contributed by atoms with van der Waals surface area (Å²) in [5.74, 6) is 3.50. The molecular formula is C17H23N3O3. The van der Waals surface area contributed by atoms with Gasteiger partial charge >= 0.3 is 0 Å². The number of piperidine rings is 1. The molecular weight excluding hydrogens is 294 g/mol. The van der Waals surface area contributed by atoms with Crippen LogP contribution in [-0.4, -0.2) is 36.9 Å². The van der Waals surface area contributed by atoms with Crippen LogP contribution in [0.15, 0.2) is 28.8 Å². The Labute approximate surface area is 136 Å². The smallest absolute Gasteiger partial charge is 0.266 e. The maximum atomic E-state index is 5.93. The fraction of sp³-hybridized carbons (Fsp3) is 0.529. The number of nitrogens with zero attached hydrogens (tertiary/aromatic N) is 3. The molecule has 1 aromatic carbocycles. The minimum absolute atomic E-state index is 0.457. The van der Waals surface area contributed by atoms with Crippen molar-refractivity contribution in [2.24, 2.45) is 5.92 Å². The van der Waals surface area contributed by atoms with Crippen molar-refractivity contribution in [3.05, 3.63) is 30.2 Å². The highest BCUT2D eigenvalue weighted by molar-refractivity contribution is 5.33. The lowest BCUT2D eigenvalue weighted by Gasteiger charge is -2.31. The van der Waals surface area contributed by atoms with Gasteiger partial charge in [0.1, 0.15) is 11.5 Å². The molecule has 0 N–H and O–H groups in total. The summed E-state index contributed by atoms with van der Waals surface area (Å²) in [6.07, 6.45) is 3.03. The van der Waals surface area contributed by atoms with Gasteiger partial charge in [-0.05, 0) is 30.1 Å². The number of hydrogen-bond acceptors (Lipinski definition) is 6. The monoisotopic (exact) mass is 317 g/mol. The first-order chi connectivity index (χ1) is 11.3. The molecule has 0 saturated carbocycles. The summed E-state index contributed by atoms with van der Waals surface area (Å²) in [5, 5.41) is 4.07. The normalized spacial score (nSPS) is 18.0. The molecule has 1 aliphatic heterocycles. The van der Waals surface area contributed by atoms with E-state index < -0.39 is 0 Å². The van der Waals surface area contributed by atoms with Crippen LogP contribution in [0.2, 0.25) is 0 Å². The van der Waals surface area contributed by atoms with Gasteiger partial charge < -0.3 is 18.9 Å². The topological polar surface area (TPSA) is 60.6 Å². The Bertz CT molecular complexity index is 629. The SMILES string of the molecule is CCc1nc(N2CCCC(COc3cccc(OC)c3)C2)no1. The third-order valence-corrected chi connectivity index (χ3v) is 4.09. The van der Waals surface area contributed by atoms with Crippen LogP contribution >= 0.6 is 0 Å². The lowest BCUT2D eigenvalue weighted by atomic mass is 9.99. The van der Waals surface area contributed by atoms with Crippen LogP contribution in [0, 0.1) is 5.92 Å². The minimum atomic E-state index is 0.457. The molecule has 0 amide bonds. The number of anilines is 1. The number of methoxy groups -OCH3 is 1. The molecule has 0 aliphatic carbocycles. The van der Waals surface area contributed by atoms with E-state index in [2.05, 4.69) is 15.0 Å². The fourth-order valence-electron chi connectivity index (χ4n) is 2.81. The molecule has 0 bridgehead atoms. The van der Waals surface area contributed by atoms with Gasteiger partial charge in [-0.3, -0.25) is 0 Å². The number of aryl methyl sites for hydroxylation is 1. The zero-order valence-corrected chi connectivity index (χ0v) is 13.7. The second-order valence-electron chi connectivity index (χ2n) is 5.79. The summed E-state index contributed by atoms with van der Waals surface area (Å²) in [6, 6.07) is 7.72. The van der Waals surface area contributed by atoms with Gasteiger partial charge in [0.25, 0.3) is 5.95 Å². The van der Waals surface area contributed by atoms with E-state index in [9.17, 15) is 0 Å². The van der Waals surface area contributed by atoms with Gasteiger partial charge in [0, 0.05) is 31.5 Å². The van der Waals surface area contributed by atoms with E-state index in [0.717, 1.165) is 43.9 Å². The molecule has 1 aliphatic rings. The number of aromatic nitrogens is 2. The van der Waals surface area contributed by atoms with Crippen LogP contribution in [-0.2, 0) is 6.42 Å². The van der Waals surface area contributed by atoms with E-state index in [-0.39, 0.29) is 0 Å².